The molecule has 12 aromatic rings. The molecule has 0 aliphatic heterocycles. The summed E-state index contributed by atoms with van der Waals surface area (Å²) in [5.41, 5.74) is 19.2. The fourth-order valence-electron chi connectivity index (χ4n) is 9.49. The molecular weight excluding hydrogens is 749 g/mol. The largest absolute Gasteiger partial charge is 0.309 e. The maximum absolute atomic E-state index is 2.40. The van der Waals surface area contributed by atoms with E-state index >= 15 is 0 Å². The first kappa shape index (κ1) is 35.7. The van der Waals surface area contributed by atoms with Gasteiger partial charge in [0.2, 0.25) is 0 Å². The number of nitrogens with zero attached hydrogens (tertiary/aromatic N) is 2. The molecule has 62 heavy (non-hydrogen) atoms. The third kappa shape index (κ3) is 6.12. The summed E-state index contributed by atoms with van der Waals surface area (Å²) in [7, 11) is 0. The van der Waals surface area contributed by atoms with E-state index in [0.717, 1.165) is 5.69 Å². The summed E-state index contributed by atoms with van der Waals surface area (Å²) in [5, 5.41) is 4.99. The van der Waals surface area contributed by atoms with Crippen LogP contribution in [0, 0.1) is 0 Å². The second-order valence-electron chi connectivity index (χ2n) is 16.2. The number of hydrogen-bond acceptors (Lipinski definition) is 0. The Labute approximate surface area is 360 Å². The lowest BCUT2D eigenvalue weighted by Gasteiger charge is -2.10. The Morgan fingerprint density at radius 3 is 0.935 bits per heavy atom. The lowest BCUT2D eigenvalue weighted by atomic mass is 9.95. The highest BCUT2D eigenvalue weighted by atomic mass is 15.0. The third-order valence-electron chi connectivity index (χ3n) is 12.5. The van der Waals surface area contributed by atoms with Crippen LogP contribution < -0.4 is 0 Å². The van der Waals surface area contributed by atoms with Crippen LogP contribution in [0.15, 0.2) is 243 Å². The first-order valence-electron chi connectivity index (χ1n) is 21.3. The SMILES string of the molecule is c1ccc(-c2ccc(-c3ccc4c(c3)c3cc(-c5cccc(-c6cccc(-c7ccc8c(c7)c7ccccc7n8-c7ccccc7)c6)c5)ccc3n4-c3ccccc3)cc2)cc1. The third-order valence-corrected chi connectivity index (χ3v) is 12.5. The average Bonchev–Trinajstić information content (AvgIpc) is 3.87. The maximum atomic E-state index is 2.40. The molecule has 2 aromatic heterocycles. The molecule has 0 aliphatic rings. The highest BCUT2D eigenvalue weighted by molar-refractivity contribution is 6.12. The van der Waals surface area contributed by atoms with E-state index in [2.05, 4.69) is 252 Å². The summed E-state index contributed by atoms with van der Waals surface area (Å²) in [6, 6.07) is 88.4. The van der Waals surface area contributed by atoms with Gasteiger partial charge in [-0.2, -0.15) is 0 Å². The minimum absolute atomic E-state index is 1.16. The van der Waals surface area contributed by atoms with Gasteiger partial charge in [0.15, 0.2) is 0 Å². The van der Waals surface area contributed by atoms with Gasteiger partial charge in [0.05, 0.1) is 22.1 Å². The number of rotatable bonds is 7. The Morgan fingerprint density at radius 2 is 0.468 bits per heavy atom. The van der Waals surface area contributed by atoms with E-state index in [9.17, 15) is 0 Å². The second-order valence-corrected chi connectivity index (χ2v) is 16.2. The molecule has 0 saturated carbocycles. The molecule has 290 valence electrons. The van der Waals surface area contributed by atoms with Crippen molar-refractivity contribution in [2.75, 3.05) is 0 Å². The summed E-state index contributed by atoms with van der Waals surface area (Å²) >= 11 is 0. The molecule has 2 heterocycles. The van der Waals surface area contributed by atoms with Gasteiger partial charge in [-0.3, -0.25) is 0 Å². The lowest BCUT2D eigenvalue weighted by molar-refractivity contribution is 1.18. The number of para-hydroxylation sites is 3. The minimum atomic E-state index is 1.16. The summed E-state index contributed by atoms with van der Waals surface area (Å²) in [6.07, 6.45) is 0. The second kappa shape index (κ2) is 14.8. The van der Waals surface area contributed by atoms with Crippen LogP contribution in [-0.4, -0.2) is 9.13 Å². The summed E-state index contributed by atoms with van der Waals surface area (Å²) in [5.74, 6) is 0. The number of fused-ring (bicyclic) bond motifs is 6. The van der Waals surface area contributed by atoms with E-state index in [4.69, 9.17) is 0 Å². The average molecular weight is 789 g/mol. The molecule has 0 unspecified atom stereocenters. The van der Waals surface area contributed by atoms with Crippen molar-refractivity contribution < 1.29 is 0 Å². The summed E-state index contributed by atoms with van der Waals surface area (Å²) < 4.78 is 4.77. The Hall–Kier alpha value is -8.20. The Balaban J connectivity index is 0.927. The van der Waals surface area contributed by atoms with E-state index in [1.165, 1.54) is 105 Å². The highest BCUT2D eigenvalue weighted by Crippen LogP contribution is 2.40. The molecule has 0 fully saturated rings. The van der Waals surface area contributed by atoms with Gasteiger partial charge in [0.25, 0.3) is 0 Å². The highest BCUT2D eigenvalue weighted by Gasteiger charge is 2.16. The van der Waals surface area contributed by atoms with E-state index in [-0.39, 0.29) is 0 Å². The van der Waals surface area contributed by atoms with Crippen molar-refractivity contribution in [2.24, 2.45) is 0 Å². The minimum Gasteiger partial charge on any atom is -0.309 e. The predicted molar refractivity (Wildman–Crippen MR) is 262 cm³/mol. The molecule has 0 radical (unpaired) electrons. The van der Waals surface area contributed by atoms with Crippen LogP contribution in [0.2, 0.25) is 0 Å². The summed E-state index contributed by atoms with van der Waals surface area (Å²) in [6.45, 7) is 0. The van der Waals surface area contributed by atoms with Gasteiger partial charge in [0, 0.05) is 32.9 Å². The molecule has 0 bridgehead atoms. The van der Waals surface area contributed by atoms with Crippen molar-refractivity contribution in [1.82, 2.24) is 9.13 Å². The van der Waals surface area contributed by atoms with Crippen molar-refractivity contribution in [1.29, 1.82) is 0 Å². The molecule has 0 N–H and O–H groups in total. The van der Waals surface area contributed by atoms with Crippen LogP contribution in [0.4, 0.5) is 0 Å². The van der Waals surface area contributed by atoms with E-state index in [1.807, 2.05) is 0 Å². The molecule has 0 atom stereocenters. The normalized spacial score (nSPS) is 11.5. The van der Waals surface area contributed by atoms with Gasteiger partial charge in [-0.1, -0.05) is 164 Å². The molecule has 0 aliphatic carbocycles. The lowest BCUT2D eigenvalue weighted by Crippen LogP contribution is -1.93. The predicted octanol–water partition coefficient (Wildman–Crippen LogP) is 16.2. The van der Waals surface area contributed by atoms with E-state index < -0.39 is 0 Å². The Bertz CT molecular complexity index is 3600. The Kier molecular flexibility index (Phi) is 8.53. The van der Waals surface area contributed by atoms with Crippen LogP contribution in [0.5, 0.6) is 0 Å². The fraction of sp³-hybridized carbons (Fsp3) is 0. The van der Waals surface area contributed by atoms with Gasteiger partial charge in [-0.25, -0.2) is 0 Å². The van der Waals surface area contributed by atoms with Crippen molar-refractivity contribution in [2.45, 2.75) is 0 Å². The smallest absolute Gasteiger partial charge is 0.0541 e. The maximum Gasteiger partial charge on any atom is 0.0541 e. The topological polar surface area (TPSA) is 9.86 Å². The summed E-state index contributed by atoms with van der Waals surface area (Å²) in [4.78, 5) is 0. The van der Waals surface area contributed by atoms with Gasteiger partial charge in [-0.05, 0) is 134 Å². The molecule has 0 saturated heterocycles. The zero-order chi connectivity index (χ0) is 41.0. The van der Waals surface area contributed by atoms with Crippen molar-refractivity contribution >= 4 is 43.6 Å². The fourth-order valence-corrected chi connectivity index (χ4v) is 9.49. The van der Waals surface area contributed by atoms with Gasteiger partial charge >= 0.3 is 0 Å². The quantitative estimate of drug-likeness (QED) is 0.152. The van der Waals surface area contributed by atoms with Crippen molar-refractivity contribution in [3.05, 3.63) is 243 Å². The van der Waals surface area contributed by atoms with Gasteiger partial charge < -0.3 is 9.13 Å². The molecule has 12 rings (SSSR count). The van der Waals surface area contributed by atoms with Gasteiger partial charge in [0.1, 0.15) is 0 Å². The molecule has 10 aromatic carbocycles. The number of aromatic nitrogens is 2. The number of hydrogen-bond donors (Lipinski definition) is 0. The van der Waals surface area contributed by atoms with Crippen LogP contribution in [0.25, 0.3) is 111 Å². The first-order valence-corrected chi connectivity index (χ1v) is 21.3. The van der Waals surface area contributed by atoms with E-state index in [1.54, 1.807) is 0 Å². The molecule has 2 heteroatoms. The molecular formula is C60H40N2. The first-order chi connectivity index (χ1) is 30.7. The van der Waals surface area contributed by atoms with Crippen LogP contribution in [-0.2, 0) is 0 Å². The van der Waals surface area contributed by atoms with Crippen LogP contribution in [0.3, 0.4) is 0 Å². The van der Waals surface area contributed by atoms with Crippen LogP contribution in [0.1, 0.15) is 0 Å². The zero-order valence-electron chi connectivity index (χ0n) is 34.0. The van der Waals surface area contributed by atoms with Crippen LogP contribution >= 0.6 is 0 Å². The van der Waals surface area contributed by atoms with Crippen molar-refractivity contribution in [3.63, 3.8) is 0 Å². The van der Waals surface area contributed by atoms with Crippen molar-refractivity contribution in [3.8, 4) is 67.0 Å². The Morgan fingerprint density at radius 1 is 0.177 bits per heavy atom. The molecule has 0 amide bonds. The van der Waals surface area contributed by atoms with E-state index in [0.29, 0.717) is 0 Å². The zero-order valence-corrected chi connectivity index (χ0v) is 34.0. The number of benzene rings is 10. The molecule has 2 nitrogen and oxygen atoms in total. The standard InChI is InChI=1S/C60H40N2/c1-4-14-41(15-5-1)42-26-28-43(29-27-42)48-30-33-59-55(38-48)56-40-50(32-35-60(56)62(59)52-22-8-3-9-23-52)47-19-13-17-45(37-47)44-16-12-18-46(36-44)49-31-34-58-54(39-49)53-24-10-11-25-57(53)61(58)51-20-6-2-7-21-51/h1-40H. The molecule has 0 spiro atoms. The van der Waals surface area contributed by atoms with Gasteiger partial charge in [-0.15, -0.1) is 0 Å². The monoisotopic (exact) mass is 788 g/mol.